The van der Waals surface area contributed by atoms with Crippen molar-refractivity contribution in [2.45, 2.75) is 19.3 Å². The number of ketones is 1. The highest BCUT2D eigenvalue weighted by Crippen LogP contribution is 2.31. The SMILES string of the molecule is O=C(CCCc1ccc(F)cc1)c1csc(-c2n[nH]c3ccccc23)c1. The Morgan fingerprint density at radius 3 is 2.77 bits per heavy atom. The third-order valence-electron chi connectivity index (χ3n) is 4.41. The molecule has 1 N–H and O–H groups in total. The lowest BCUT2D eigenvalue weighted by molar-refractivity contribution is 0.0980. The van der Waals surface area contributed by atoms with Gasteiger partial charge in [0.05, 0.1) is 10.4 Å². The largest absolute Gasteiger partial charge is 0.294 e. The molecule has 0 radical (unpaired) electrons. The molecule has 3 nitrogen and oxygen atoms in total. The smallest absolute Gasteiger partial charge is 0.163 e. The molecule has 0 bridgehead atoms. The van der Waals surface area contributed by atoms with Gasteiger partial charge in [0.2, 0.25) is 0 Å². The predicted molar refractivity (Wildman–Crippen MR) is 103 cm³/mol. The van der Waals surface area contributed by atoms with Crippen molar-refractivity contribution in [2.75, 3.05) is 0 Å². The number of halogens is 1. The summed E-state index contributed by atoms with van der Waals surface area (Å²) in [6, 6.07) is 16.3. The van der Waals surface area contributed by atoms with Crippen LogP contribution in [0.1, 0.15) is 28.8 Å². The number of carbonyl (C=O) groups is 1. The molecule has 4 aromatic rings. The molecular weight excluding hydrogens is 347 g/mol. The standard InChI is InChI=1S/C21H17FN2OS/c22-16-10-8-14(9-11-16)4-3-7-19(25)15-12-20(26-13-15)21-17-5-1-2-6-18(17)23-24-21/h1-2,5-6,8-13H,3-4,7H2,(H,23,24). The first-order chi connectivity index (χ1) is 12.7. The minimum atomic E-state index is -0.235. The van der Waals surface area contributed by atoms with E-state index in [1.807, 2.05) is 35.7 Å². The molecule has 5 heteroatoms. The summed E-state index contributed by atoms with van der Waals surface area (Å²) in [6.07, 6.45) is 2.00. The lowest BCUT2D eigenvalue weighted by atomic mass is 10.0. The zero-order valence-electron chi connectivity index (χ0n) is 14.0. The van der Waals surface area contributed by atoms with Crippen LogP contribution in [0.4, 0.5) is 4.39 Å². The molecule has 0 fully saturated rings. The van der Waals surface area contributed by atoms with Crippen LogP contribution in [0, 0.1) is 5.82 Å². The number of rotatable bonds is 6. The molecule has 0 aliphatic carbocycles. The van der Waals surface area contributed by atoms with Gasteiger partial charge in [-0.05, 0) is 42.7 Å². The Bertz CT molecular complexity index is 1050. The van der Waals surface area contributed by atoms with E-state index in [0.29, 0.717) is 6.42 Å². The Morgan fingerprint density at radius 2 is 1.92 bits per heavy atom. The number of aromatic amines is 1. The lowest BCUT2D eigenvalue weighted by Crippen LogP contribution is -1.98. The maximum absolute atomic E-state index is 12.9. The van der Waals surface area contributed by atoms with Gasteiger partial charge in [0.15, 0.2) is 5.78 Å². The molecule has 0 aliphatic rings. The Balaban J connectivity index is 1.42. The van der Waals surface area contributed by atoms with Crippen molar-refractivity contribution in [1.29, 1.82) is 0 Å². The minimum Gasteiger partial charge on any atom is -0.294 e. The molecule has 4 rings (SSSR count). The molecule has 130 valence electrons. The van der Waals surface area contributed by atoms with Crippen LogP contribution in [0.3, 0.4) is 0 Å². The van der Waals surface area contributed by atoms with E-state index in [1.54, 1.807) is 12.1 Å². The number of fused-ring (bicyclic) bond motifs is 1. The second-order valence-electron chi connectivity index (χ2n) is 6.22. The average molecular weight is 364 g/mol. The van der Waals surface area contributed by atoms with E-state index >= 15 is 0 Å². The van der Waals surface area contributed by atoms with Gasteiger partial charge in [-0.3, -0.25) is 9.89 Å². The van der Waals surface area contributed by atoms with Crippen LogP contribution < -0.4 is 0 Å². The van der Waals surface area contributed by atoms with Gasteiger partial charge in [0.25, 0.3) is 0 Å². The number of benzene rings is 2. The first-order valence-electron chi connectivity index (χ1n) is 8.50. The van der Waals surface area contributed by atoms with Crippen LogP contribution >= 0.6 is 11.3 Å². The molecule has 0 amide bonds. The van der Waals surface area contributed by atoms with Crippen LogP contribution in [0.2, 0.25) is 0 Å². The van der Waals surface area contributed by atoms with E-state index in [-0.39, 0.29) is 11.6 Å². The van der Waals surface area contributed by atoms with Gasteiger partial charge in [-0.1, -0.05) is 30.3 Å². The predicted octanol–water partition coefficient (Wildman–Crippen LogP) is 5.64. The molecule has 0 saturated heterocycles. The fourth-order valence-electron chi connectivity index (χ4n) is 3.01. The number of thiophene rings is 1. The van der Waals surface area contributed by atoms with Crippen molar-refractivity contribution in [3.8, 4) is 10.6 Å². The van der Waals surface area contributed by atoms with E-state index in [9.17, 15) is 9.18 Å². The minimum absolute atomic E-state index is 0.134. The van der Waals surface area contributed by atoms with Crippen LogP contribution in [0.15, 0.2) is 60.0 Å². The Morgan fingerprint density at radius 1 is 1.12 bits per heavy atom. The summed E-state index contributed by atoms with van der Waals surface area (Å²) in [6.45, 7) is 0. The number of nitrogens with one attached hydrogen (secondary N) is 1. The van der Waals surface area contributed by atoms with E-state index in [1.165, 1.54) is 23.5 Å². The van der Waals surface area contributed by atoms with Gasteiger partial charge < -0.3 is 0 Å². The molecule has 2 aromatic heterocycles. The zero-order valence-corrected chi connectivity index (χ0v) is 14.9. The van der Waals surface area contributed by atoms with Gasteiger partial charge in [0.1, 0.15) is 11.5 Å². The molecular formula is C21H17FN2OS. The molecule has 0 aliphatic heterocycles. The molecule has 0 spiro atoms. The Hall–Kier alpha value is -2.79. The highest BCUT2D eigenvalue weighted by molar-refractivity contribution is 7.14. The first kappa shape index (κ1) is 16.7. The molecule has 2 heterocycles. The quantitative estimate of drug-likeness (QED) is 0.450. The van der Waals surface area contributed by atoms with E-state index in [4.69, 9.17) is 0 Å². The van der Waals surface area contributed by atoms with Gasteiger partial charge in [-0.25, -0.2) is 4.39 Å². The topological polar surface area (TPSA) is 45.8 Å². The summed E-state index contributed by atoms with van der Waals surface area (Å²) in [7, 11) is 0. The fourth-order valence-corrected chi connectivity index (χ4v) is 3.92. The molecule has 0 atom stereocenters. The van der Waals surface area contributed by atoms with Crippen molar-refractivity contribution in [2.24, 2.45) is 0 Å². The first-order valence-corrected chi connectivity index (χ1v) is 9.38. The number of carbonyl (C=O) groups excluding carboxylic acids is 1. The molecule has 2 aromatic carbocycles. The third kappa shape index (κ3) is 3.44. The monoisotopic (exact) mass is 364 g/mol. The second kappa shape index (κ2) is 7.22. The number of hydrogen-bond donors (Lipinski definition) is 1. The van der Waals surface area contributed by atoms with Crippen LogP contribution in [0.25, 0.3) is 21.5 Å². The van der Waals surface area contributed by atoms with Gasteiger partial charge in [-0.15, -0.1) is 11.3 Å². The van der Waals surface area contributed by atoms with Crippen molar-refractivity contribution in [1.82, 2.24) is 10.2 Å². The average Bonchev–Trinajstić information content (AvgIpc) is 3.30. The second-order valence-corrected chi connectivity index (χ2v) is 7.13. The number of hydrogen-bond acceptors (Lipinski definition) is 3. The summed E-state index contributed by atoms with van der Waals surface area (Å²) >= 11 is 1.54. The number of H-pyrrole nitrogens is 1. The maximum Gasteiger partial charge on any atom is 0.163 e. The number of Topliss-reactive ketones (excluding diaryl/α,β-unsaturated/α-hetero) is 1. The number of aryl methyl sites for hydroxylation is 1. The highest BCUT2D eigenvalue weighted by atomic mass is 32.1. The van der Waals surface area contributed by atoms with Crippen LogP contribution in [0.5, 0.6) is 0 Å². The number of para-hydroxylation sites is 1. The summed E-state index contributed by atoms with van der Waals surface area (Å²) in [5.74, 6) is -0.101. The number of nitrogens with zero attached hydrogens (tertiary/aromatic N) is 1. The zero-order chi connectivity index (χ0) is 17.9. The van der Waals surface area contributed by atoms with E-state index < -0.39 is 0 Å². The van der Waals surface area contributed by atoms with Crippen molar-refractivity contribution in [3.63, 3.8) is 0 Å². The molecule has 0 unspecified atom stereocenters. The lowest BCUT2D eigenvalue weighted by Gasteiger charge is -2.01. The summed E-state index contributed by atoms with van der Waals surface area (Å²) < 4.78 is 12.9. The summed E-state index contributed by atoms with van der Waals surface area (Å²) in [4.78, 5) is 13.4. The molecule has 26 heavy (non-hydrogen) atoms. The van der Waals surface area contributed by atoms with Gasteiger partial charge in [0, 0.05) is 22.8 Å². The Kier molecular flexibility index (Phi) is 4.63. The fraction of sp³-hybridized carbons (Fsp3) is 0.143. The van der Waals surface area contributed by atoms with Crippen LogP contribution in [-0.2, 0) is 6.42 Å². The third-order valence-corrected chi connectivity index (χ3v) is 5.34. The van der Waals surface area contributed by atoms with Crippen molar-refractivity contribution < 1.29 is 9.18 Å². The molecule has 0 saturated carbocycles. The van der Waals surface area contributed by atoms with Crippen LogP contribution in [-0.4, -0.2) is 16.0 Å². The van der Waals surface area contributed by atoms with Crippen molar-refractivity contribution in [3.05, 3.63) is 76.9 Å². The van der Waals surface area contributed by atoms with E-state index in [0.717, 1.165) is 45.4 Å². The van der Waals surface area contributed by atoms with E-state index in [2.05, 4.69) is 10.2 Å². The van der Waals surface area contributed by atoms with Gasteiger partial charge >= 0.3 is 0 Å². The highest BCUT2D eigenvalue weighted by Gasteiger charge is 2.13. The summed E-state index contributed by atoms with van der Waals surface area (Å²) in [5.41, 5.74) is 3.66. The number of aromatic nitrogens is 2. The normalized spacial score (nSPS) is 11.1. The summed E-state index contributed by atoms with van der Waals surface area (Å²) in [5, 5.41) is 10.4. The van der Waals surface area contributed by atoms with Gasteiger partial charge in [-0.2, -0.15) is 5.10 Å². The maximum atomic E-state index is 12.9. The Labute approximate surface area is 154 Å². The van der Waals surface area contributed by atoms with Crippen molar-refractivity contribution >= 4 is 28.0 Å².